The topological polar surface area (TPSA) is 115 Å². The normalized spacial score (nSPS) is 21.3. The predicted octanol–water partition coefficient (Wildman–Crippen LogP) is 4.60. The van der Waals surface area contributed by atoms with Gasteiger partial charge in [0.15, 0.2) is 6.23 Å². The van der Waals surface area contributed by atoms with E-state index >= 15 is 0 Å². The molecule has 4 heterocycles. The van der Waals surface area contributed by atoms with Gasteiger partial charge in [0, 0.05) is 29.2 Å². The molecule has 0 amide bonds. The first kappa shape index (κ1) is 24.8. The summed E-state index contributed by atoms with van der Waals surface area (Å²) in [7, 11) is 0. The monoisotopic (exact) mass is 551 g/mol. The molecule has 3 aromatic heterocycles. The smallest absolute Gasteiger partial charge is 0.164 e. The van der Waals surface area contributed by atoms with Crippen molar-refractivity contribution in [1.29, 1.82) is 0 Å². The van der Waals surface area contributed by atoms with Gasteiger partial charge in [0.25, 0.3) is 0 Å². The molecule has 0 bridgehead atoms. The van der Waals surface area contributed by atoms with Crippen LogP contribution < -0.4 is 10.1 Å². The first-order valence-electron chi connectivity index (χ1n) is 12.0. The minimum atomic E-state index is -1.18. The van der Waals surface area contributed by atoms with Crippen LogP contribution in [0.25, 0.3) is 21.9 Å². The summed E-state index contributed by atoms with van der Waals surface area (Å²) in [6.07, 6.45) is -0.915. The van der Waals surface area contributed by atoms with E-state index in [0.717, 1.165) is 22.3 Å². The van der Waals surface area contributed by atoms with Crippen LogP contribution in [0.2, 0.25) is 10.2 Å². The molecular formula is C27H23Cl2N5O4. The minimum absolute atomic E-state index is 0.0314. The molecule has 4 atom stereocenters. The summed E-state index contributed by atoms with van der Waals surface area (Å²) < 4.78 is 13.6. The zero-order valence-electron chi connectivity index (χ0n) is 19.9. The first-order chi connectivity index (χ1) is 18.5. The van der Waals surface area contributed by atoms with Crippen LogP contribution >= 0.6 is 23.2 Å². The van der Waals surface area contributed by atoms with Crippen LogP contribution in [0.5, 0.6) is 5.75 Å². The van der Waals surface area contributed by atoms with Gasteiger partial charge < -0.3 is 29.6 Å². The van der Waals surface area contributed by atoms with Gasteiger partial charge in [0.1, 0.15) is 53.6 Å². The van der Waals surface area contributed by atoms with E-state index in [1.165, 1.54) is 6.33 Å². The number of rotatable bonds is 7. The van der Waals surface area contributed by atoms with Crippen molar-refractivity contribution in [3.05, 3.63) is 88.9 Å². The van der Waals surface area contributed by atoms with Crippen LogP contribution in [0.4, 0.5) is 5.82 Å². The maximum absolute atomic E-state index is 10.7. The number of aromatic nitrogens is 4. The van der Waals surface area contributed by atoms with Crippen molar-refractivity contribution >= 4 is 51.0 Å². The molecule has 194 valence electrons. The van der Waals surface area contributed by atoms with Crippen molar-refractivity contribution < 1.29 is 19.7 Å². The van der Waals surface area contributed by atoms with Gasteiger partial charge in [-0.1, -0.05) is 35.3 Å². The number of hydrogen-bond donors (Lipinski definition) is 3. The summed E-state index contributed by atoms with van der Waals surface area (Å²) in [6.45, 7) is 0.644. The summed E-state index contributed by atoms with van der Waals surface area (Å²) in [5, 5.41) is 27.3. The van der Waals surface area contributed by atoms with Gasteiger partial charge in [0.2, 0.25) is 0 Å². The molecule has 5 aromatic rings. The van der Waals surface area contributed by atoms with Gasteiger partial charge in [-0.3, -0.25) is 0 Å². The van der Waals surface area contributed by atoms with Crippen molar-refractivity contribution in [2.24, 2.45) is 0 Å². The van der Waals surface area contributed by atoms with Crippen LogP contribution in [0.3, 0.4) is 0 Å². The Bertz CT molecular complexity index is 1600. The van der Waals surface area contributed by atoms with Gasteiger partial charge in [-0.15, -0.1) is 0 Å². The van der Waals surface area contributed by atoms with Crippen molar-refractivity contribution in [2.75, 3.05) is 11.9 Å². The lowest BCUT2D eigenvalue weighted by atomic mass is 10.1. The average molecular weight is 552 g/mol. The number of anilines is 1. The quantitative estimate of drug-likeness (QED) is 0.251. The molecule has 0 spiro atoms. The number of benzene rings is 2. The number of nitrogens with zero attached hydrogens (tertiary/aromatic N) is 4. The molecule has 1 aliphatic rings. The molecule has 1 saturated heterocycles. The fourth-order valence-electron chi connectivity index (χ4n) is 4.50. The molecule has 0 radical (unpaired) electrons. The van der Waals surface area contributed by atoms with E-state index in [1.54, 1.807) is 16.8 Å². The van der Waals surface area contributed by atoms with Crippen LogP contribution in [0.1, 0.15) is 11.8 Å². The Morgan fingerprint density at radius 3 is 2.63 bits per heavy atom. The second-order valence-corrected chi connectivity index (χ2v) is 9.81. The van der Waals surface area contributed by atoms with Crippen molar-refractivity contribution in [3.8, 4) is 5.75 Å². The Kier molecular flexibility index (Phi) is 6.77. The highest BCUT2D eigenvalue weighted by Gasteiger charge is 2.44. The van der Waals surface area contributed by atoms with E-state index in [2.05, 4.69) is 15.3 Å². The Hall–Kier alpha value is -3.47. The molecule has 1 fully saturated rings. The van der Waals surface area contributed by atoms with E-state index in [1.807, 2.05) is 54.6 Å². The molecule has 11 heteroatoms. The molecule has 0 saturated carbocycles. The summed E-state index contributed by atoms with van der Waals surface area (Å²) in [5.41, 5.74) is 2.35. The third kappa shape index (κ3) is 4.87. The third-order valence-corrected chi connectivity index (χ3v) is 7.09. The number of aliphatic hydroxyl groups excluding tert-OH is 2. The Balaban J connectivity index is 1.13. The zero-order valence-corrected chi connectivity index (χ0v) is 21.4. The van der Waals surface area contributed by atoms with E-state index < -0.39 is 24.5 Å². The van der Waals surface area contributed by atoms with E-state index in [4.69, 9.17) is 37.7 Å². The van der Waals surface area contributed by atoms with Crippen LogP contribution in [-0.4, -0.2) is 54.7 Å². The third-order valence-electron chi connectivity index (χ3n) is 6.54. The number of halogens is 2. The largest absolute Gasteiger partial charge is 0.491 e. The molecule has 2 aromatic carbocycles. The van der Waals surface area contributed by atoms with Gasteiger partial charge in [-0.2, -0.15) is 0 Å². The number of aliphatic hydroxyl groups is 2. The molecule has 3 N–H and O–H groups in total. The zero-order chi connectivity index (χ0) is 26.2. The number of pyridine rings is 1. The Morgan fingerprint density at radius 1 is 0.974 bits per heavy atom. The number of nitrogens with one attached hydrogen (secondary N) is 1. The summed E-state index contributed by atoms with van der Waals surface area (Å²) in [5.74, 6) is 1.30. The lowest BCUT2D eigenvalue weighted by Crippen LogP contribution is -2.34. The average Bonchev–Trinajstić information content (AvgIpc) is 3.48. The van der Waals surface area contributed by atoms with Crippen LogP contribution in [-0.2, 0) is 11.3 Å². The fraction of sp³-hybridized carbons (Fsp3) is 0.222. The van der Waals surface area contributed by atoms with Gasteiger partial charge in [-0.25, -0.2) is 15.0 Å². The van der Waals surface area contributed by atoms with Gasteiger partial charge in [0.05, 0.1) is 10.9 Å². The van der Waals surface area contributed by atoms with Crippen molar-refractivity contribution in [1.82, 2.24) is 19.5 Å². The molecule has 38 heavy (non-hydrogen) atoms. The molecule has 1 aliphatic heterocycles. The van der Waals surface area contributed by atoms with Gasteiger partial charge in [-0.05, 0) is 48.0 Å². The fourth-order valence-corrected chi connectivity index (χ4v) is 4.82. The second-order valence-electron chi connectivity index (χ2n) is 9.01. The maximum atomic E-state index is 10.7. The highest BCUT2D eigenvalue weighted by atomic mass is 35.5. The predicted molar refractivity (Wildman–Crippen MR) is 144 cm³/mol. The Labute approximate surface area is 227 Å². The van der Waals surface area contributed by atoms with Crippen LogP contribution in [0.15, 0.2) is 73.2 Å². The molecule has 9 nitrogen and oxygen atoms in total. The van der Waals surface area contributed by atoms with Crippen molar-refractivity contribution in [3.63, 3.8) is 0 Å². The second kappa shape index (κ2) is 10.4. The van der Waals surface area contributed by atoms with E-state index in [0.29, 0.717) is 33.5 Å². The summed E-state index contributed by atoms with van der Waals surface area (Å²) >= 11 is 12.1. The number of fused-ring (bicyclic) bond motifs is 2. The van der Waals surface area contributed by atoms with Crippen molar-refractivity contribution in [2.45, 2.75) is 31.1 Å². The number of hydrogen-bond acceptors (Lipinski definition) is 8. The van der Waals surface area contributed by atoms with E-state index in [-0.39, 0.29) is 6.61 Å². The summed E-state index contributed by atoms with van der Waals surface area (Å²) in [4.78, 5) is 12.9. The molecule has 6 rings (SSSR count). The lowest BCUT2D eigenvalue weighted by Gasteiger charge is -2.17. The Morgan fingerprint density at radius 2 is 1.79 bits per heavy atom. The lowest BCUT2D eigenvalue weighted by molar-refractivity contribution is -0.0471. The van der Waals surface area contributed by atoms with E-state index in [9.17, 15) is 10.2 Å². The molecular weight excluding hydrogens is 529 g/mol. The van der Waals surface area contributed by atoms with Gasteiger partial charge >= 0.3 is 0 Å². The SMILES string of the molecule is O[C@@H]1[C@H](O)[C@@H](COc2ccc3ccc(NCc4ccc(Cl)cc4)nc3c2)O[C@H]1n1ccc2c(Cl)ncnc21. The molecule has 0 aliphatic carbocycles. The standard InChI is InChI=1S/C27H23Cl2N5O4/c28-17-5-1-15(2-6-17)12-30-22-8-4-16-3-7-18(11-20(16)33-22)37-13-21-23(35)24(36)27(38-21)34-10-9-19-25(29)31-14-32-26(19)34/h1-11,14,21,23-24,27,35-36H,12-13H2,(H,30,33)/t21-,23-,24-,27-/m1/s1. The maximum Gasteiger partial charge on any atom is 0.164 e. The number of ether oxygens (including phenoxy) is 2. The summed E-state index contributed by atoms with van der Waals surface area (Å²) in [6, 6.07) is 18.9. The highest BCUT2D eigenvalue weighted by molar-refractivity contribution is 6.33. The first-order valence-corrected chi connectivity index (χ1v) is 12.7. The highest BCUT2D eigenvalue weighted by Crippen LogP contribution is 2.33. The minimum Gasteiger partial charge on any atom is -0.491 e. The molecule has 0 unspecified atom stereocenters. The van der Waals surface area contributed by atoms with Crippen LogP contribution in [0, 0.1) is 0 Å².